The van der Waals surface area contributed by atoms with Crippen molar-refractivity contribution in [2.24, 2.45) is 0 Å². The maximum Gasteiger partial charge on any atom is 0.312 e. The summed E-state index contributed by atoms with van der Waals surface area (Å²) in [5.74, 6) is -0.923. The summed E-state index contributed by atoms with van der Waals surface area (Å²) >= 11 is 5.39. The minimum absolute atomic E-state index is 0.276. The zero-order chi connectivity index (χ0) is 12.0. The number of rotatable bonds is 3. The van der Waals surface area contributed by atoms with Gasteiger partial charge in [0, 0.05) is 38.6 Å². The lowest BCUT2D eigenvalue weighted by Gasteiger charge is -2.31. The molecule has 0 aromatic carbocycles. The Morgan fingerprint density at radius 3 is 2.38 bits per heavy atom. The molecule has 0 saturated carbocycles. The van der Waals surface area contributed by atoms with E-state index in [0.29, 0.717) is 26.2 Å². The molecule has 1 saturated heterocycles. The van der Waals surface area contributed by atoms with E-state index in [4.69, 9.17) is 11.6 Å². The Bertz CT molecular complexity index is 277. The number of nitrogens with zero attached hydrogens (tertiary/aromatic N) is 2. The molecule has 1 fully saturated rings. The third-order valence-corrected chi connectivity index (χ3v) is 2.51. The number of carbonyl (C=O) groups is 3. The van der Waals surface area contributed by atoms with E-state index in [2.05, 4.69) is 5.32 Å². The Kier molecular flexibility index (Phi) is 5.04. The van der Waals surface area contributed by atoms with Crippen LogP contribution in [0.15, 0.2) is 0 Å². The Hall–Kier alpha value is -1.30. The van der Waals surface area contributed by atoms with Crippen molar-refractivity contribution in [1.82, 2.24) is 15.1 Å². The van der Waals surface area contributed by atoms with Crippen LogP contribution in [0.25, 0.3) is 0 Å². The first-order valence-corrected chi connectivity index (χ1v) is 5.55. The largest absolute Gasteiger partial charge is 0.347 e. The van der Waals surface area contributed by atoms with Crippen molar-refractivity contribution in [3.05, 3.63) is 0 Å². The average Bonchev–Trinajstić information content (AvgIpc) is 2.35. The van der Waals surface area contributed by atoms with Gasteiger partial charge in [0.25, 0.3) is 0 Å². The predicted molar refractivity (Wildman–Crippen MR) is 57.9 cm³/mol. The molecule has 0 aliphatic carbocycles. The first-order valence-electron chi connectivity index (χ1n) is 5.01. The first-order chi connectivity index (χ1) is 7.69. The molecule has 0 aromatic heterocycles. The van der Waals surface area contributed by atoms with Gasteiger partial charge < -0.3 is 15.1 Å². The summed E-state index contributed by atoms with van der Waals surface area (Å²) in [6.07, 6.45) is 0.745. The molecular weight excluding hydrogens is 234 g/mol. The van der Waals surface area contributed by atoms with E-state index < -0.39 is 11.8 Å². The third kappa shape index (κ3) is 3.37. The lowest BCUT2D eigenvalue weighted by Crippen LogP contribution is -2.52. The lowest BCUT2D eigenvalue weighted by atomic mass is 10.3. The first kappa shape index (κ1) is 12.8. The van der Waals surface area contributed by atoms with E-state index in [1.165, 1.54) is 4.90 Å². The van der Waals surface area contributed by atoms with Crippen LogP contribution in [0.2, 0.25) is 0 Å². The topological polar surface area (TPSA) is 69.7 Å². The summed E-state index contributed by atoms with van der Waals surface area (Å²) < 4.78 is 0. The summed E-state index contributed by atoms with van der Waals surface area (Å²) in [6.45, 7) is 2.01. The van der Waals surface area contributed by atoms with E-state index in [1.807, 2.05) is 0 Å². The van der Waals surface area contributed by atoms with E-state index in [1.54, 1.807) is 4.90 Å². The molecule has 1 aliphatic rings. The van der Waals surface area contributed by atoms with Crippen LogP contribution >= 0.6 is 11.6 Å². The molecule has 0 bridgehead atoms. The summed E-state index contributed by atoms with van der Waals surface area (Å²) in [5.41, 5.74) is 0. The maximum absolute atomic E-state index is 11.6. The molecule has 0 radical (unpaired) electrons. The van der Waals surface area contributed by atoms with Gasteiger partial charge in [-0.25, -0.2) is 0 Å². The number of amides is 3. The predicted octanol–water partition coefficient (Wildman–Crippen LogP) is -1.36. The quantitative estimate of drug-likeness (QED) is 0.381. The Labute approximate surface area is 98.5 Å². The molecule has 90 valence electrons. The monoisotopic (exact) mass is 247 g/mol. The molecule has 0 aromatic rings. The molecule has 3 amide bonds. The van der Waals surface area contributed by atoms with Crippen molar-refractivity contribution in [3.8, 4) is 0 Å². The van der Waals surface area contributed by atoms with E-state index >= 15 is 0 Å². The van der Waals surface area contributed by atoms with Crippen LogP contribution in [0.4, 0.5) is 0 Å². The van der Waals surface area contributed by atoms with Crippen LogP contribution in [0.1, 0.15) is 0 Å². The highest BCUT2D eigenvalue weighted by Crippen LogP contribution is 1.99. The molecule has 6 nitrogen and oxygen atoms in total. The second-order valence-corrected chi connectivity index (χ2v) is 3.76. The number of halogens is 1. The molecule has 1 aliphatic heterocycles. The average molecular weight is 248 g/mol. The fourth-order valence-electron chi connectivity index (χ4n) is 1.41. The fraction of sp³-hybridized carbons (Fsp3) is 0.667. The summed E-state index contributed by atoms with van der Waals surface area (Å²) in [4.78, 5) is 36.3. The van der Waals surface area contributed by atoms with Crippen molar-refractivity contribution in [1.29, 1.82) is 0 Å². The second-order valence-electron chi connectivity index (χ2n) is 3.38. The summed E-state index contributed by atoms with van der Waals surface area (Å²) in [5, 5.41) is 2.41. The van der Waals surface area contributed by atoms with Gasteiger partial charge in [-0.1, -0.05) is 0 Å². The van der Waals surface area contributed by atoms with Crippen molar-refractivity contribution >= 4 is 29.8 Å². The summed E-state index contributed by atoms with van der Waals surface area (Å²) in [6, 6.07) is 0. The van der Waals surface area contributed by atoms with Gasteiger partial charge in [0.2, 0.25) is 6.41 Å². The molecule has 16 heavy (non-hydrogen) atoms. The molecule has 0 spiro atoms. The van der Waals surface area contributed by atoms with Gasteiger partial charge >= 0.3 is 11.8 Å². The van der Waals surface area contributed by atoms with Crippen LogP contribution in [-0.4, -0.2) is 66.6 Å². The van der Waals surface area contributed by atoms with Crippen LogP contribution in [0.5, 0.6) is 0 Å². The minimum Gasteiger partial charge on any atom is -0.347 e. The van der Waals surface area contributed by atoms with Crippen LogP contribution in [0.3, 0.4) is 0 Å². The van der Waals surface area contributed by atoms with Gasteiger partial charge in [0.05, 0.1) is 0 Å². The van der Waals surface area contributed by atoms with E-state index in [-0.39, 0.29) is 12.4 Å². The third-order valence-electron chi connectivity index (χ3n) is 2.32. The molecule has 0 unspecified atom stereocenters. The number of alkyl halides is 1. The summed E-state index contributed by atoms with van der Waals surface area (Å²) in [7, 11) is 0. The Morgan fingerprint density at radius 2 is 1.88 bits per heavy atom. The molecular formula is C9H14ClN3O3. The number of hydrogen-bond acceptors (Lipinski definition) is 3. The highest BCUT2D eigenvalue weighted by atomic mass is 35.5. The fourth-order valence-corrected chi connectivity index (χ4v) is 1.50. The second kappa shape index (κ2) is 6.32. The van der Waals surface area contributed by atoms with E-state index in [0.717, 1.165) is 6.41 Å². The highest BCUT2D eigenvalue weighted by molar-refractivity contribution is 6.35. The minimum atomic E-state index is -0.639. The highest BCUT2D eigenvalue weighted by Gasteiger charge is 2.24. The number of piperazine rings is 1. The Morgan fingerprint density at radius 1 is 1.25 bits per heavy atom. The normalized spacial score (nSPS) is 15.8. The van der Waals surface area contributed by atoms with Gasteiger partial charge in [-0.2, -0.15) is 0 Å². The standard InChI is InChI=1S/C9H14ClN3O3/c10-1-2-11-8(15)9(16)13-5-3-12(7-14)4-6-13/h7H,1-6H2,(H,11,15). The van der Waals surface area contributed by atoms with Crippen molar-refractivity contribution in [2.45, 2.75) is 0 Å². The van der Waals surface area contributed by atoms with Crippen LogP contribution in [-0.2, 0) is 14.4 Å². The zero-order valence-corrected chi connectivity index (χ0v) is 9.57. The zero-order valence-electron chi connectivity index (χ0n) is 8.82. The molecule has 7 heteroatoms. The number of hydrogen-bond donors (Lipinski definition) is 1. The molecule has 1 heterocycles. The molecule has 0 atom stereocenters. The van der Waals surface area contributed by atoms with E-state index in [9.17, 15) is 14.4 Å². The number of nitrogens with one attached hydrogen (secondary N) is 1. The molecule has 1 rings (SSSR count). The SMILES string of the molecule is O=CN1CCN(C(=O)C(=O)NCCCl)CC1. The van der Waals surface area contributed by atoms with Crippen molar-refractivity contribution in [2.75, 3.05) is 38.6 Å². The van der Waals surface area contributed by atoms with Crippen LogP contribution in [0, 0.1) is 0 Å². The maximum atomic E-state index is 11.6. The van der Waals surface area contributed by atoms with Gasteiger partial charge in [-0.15, -0.1) is 11.6 Å². The van der Waals surface area contributed by atoms with Crippen LogP contribution < -0.4 is 5.32 Å². The lowest BCUT2D eigenvalue weighted by molar-refractivity contribution is -0.147. The smallest absolute Gasteiger partial charge is 0.312 e. The van der Waals surface area contributed by atoms with Gasteiger partial charge in [0.15, 0.2) is 0 Å². The van der Waals surface area contributed by atoms with Gasteiger partial charge in [-0.05, 0) is 0 Å². The van der Waals surface area contributed by atoms with Crippen molar-refractivity contribution < 1.29 is 14.4 Å². The van der Waals surface area contributed by atoms with Crippen molar-refractivity contribution in [3.63, 3.8) is 0 Å². The van der Waals surface area contributed by atoms with Gasteiger partial charge in [0.1, 0.15) is 0 Å². The Balaban J connectivity index is 2.38. The molecule has 1 N–H and O–H groups in total. The number of carbonyl (C=O) groups excluding carboxylic acids is 3. The van der Waals surface area contributed by atoms with Gasteiger partial charge in [-0.3, -0.25) is 14.4 Å².